The Kier molecular flexibility index (Phi) is 4.39. The molecule has 1 aromatic heterocycles. The summed E-state index contributed by atoms with van der Waals surface area (Å²) in [5.41, 5.74) is 2.24. The van der Waals surface area contributed by atoms with Gasteiger partial charge in [0.2, 0.25) is 0 Å². The maximum Gasteiger partial charge on any atom is 0.0837 e. The summed E-state index contributed by atoms with van der Waals surface area (Å²) >= 11 is 6.28. The van der Waals surface area contributed by atoms with E-state index in [0.717, 1.165) is 18.8 Å². The van der Waals surface area contributed by atoms with E-state index in [-0.39, 0.29) is 6.04 Å². The molecule has 0 amide bonds. The number of halogens is 1. The SMILES string of the molecule is CCNC(c1ccccc1)c1c(Cl)cnn1CC. The van der Waals surface area contributed by atoms with Crippen LogP contribution in [0.2, 0.25) is 5.02 Å². The van der Waals surface area contributed by atoms with Crippen molar-refractivity contribution in [3.63, 3.8) is 0 Å². The van der Waals surface area contributed by atoms with Gasteiger partial charge >= 0.3 is 0 Å². The van der Waals surface area contributed by atoms with E-state index < -0.39 is 0 Å². The van der Waals surface area contributed by atoms with Gasteiger partial charge in [0.25, 0.3) is 0 Å². The van der Waals surface area contributed by atoms with Crippen LogP contribution in [0.4, 0.5) is 0 Å². The highest BCUT2D eigenvalue weighted by Crippen LogP contribution is 2.28. The van der Waals surface area contributed by atoms with Crippen LogP contribution in [-0.4, -0.2) is 16.3 Å². The molecule has 18 heavy (non-hydrogen) atoms. The van der Waals surface area contributed by atoms with Crippen LogP contribution in [0.15, 0.2) is 36.5 Å². The molecule has 96 valence electrons. The summed E-state index contributed by atoms with van der Waals surface area (Å²) in [5.74, 6) is 0. The zero-order valence-corrected chi connectivity index (χ0v) is 11.5. The molecule has 0 radical (unpaired) electrons. The normalized spacial score (nSPS) is 12.6. The van der Waals surface area contributed by atoms with E-state index in [4.69, 9.17) is 11.6 Å². The minimum absolute atomic E-state index is 0.0890. The monoisotopic (exact) mass is 263 g/mol. The first-order valence-electron chi connectivity index (χ1n) is 6.27. The van der Waals surface area contributed by atoms with E-state index in [0.29, 0.717) is 5.02 Å². The summed E-state index contributed by atoms with van der Waals surface area (Å²) in [6.45, 7) is 5.86. The van der Waals surface area contributed by atoms with Crippen molar-refractivity contribution >= 4 is 11.6 Å². The highest BCUT2D eigenvalue weighted by atomic mass is 35.5. The van der Waals surface area contributed by atoms with Crippen molar-refractivity contribution in [2.75, 3.05) is 6.54 Å². The molecule has 0 spiro atoms. The minimum Gasteiger partial charge on any atom is -0.305 e. The average Bonchev–Trinajstić information content (AvgIpc) is 2.78. The Labute approximate surface area is 113 Å². The summed E-state index contributed by atoms with van der Waals surface area (Å²) < 4.78 is 1.95. The molecule has 0 bridgehead atoms. The fourth-order valence-corrected chi connectivity index (χ4v) is 2.38. The van der Waals surface area contributed by atoms with Gasteiger partial charge < -0.3 is 5.32 Å². The van der Waals surface area contributed by atoms with Gasteiger partial charge in [-0.05, 0) is 19.0 Å². The van der Waals surface area contributed by atoms with E-state index >= 15 is 0 Å². The number of rotatable bonds is 5. The van der Waals surface area contributed by atoms with Crippen LogP contribution in [0.1, 0.15) is 31.1 Å². The van der Waals surface area contributed by atoms with Gasteiger partial charge in [0.1, 0.15) is 0 Å². The molecule has 4 heteroatoms. The topological polar surface area (TPSA) is 29.9 Å². The van der Waals surface area contributed by atoms with Gasteiger partial charge in [-0.15, -0.1) is 0 Å². The second-order valence-electron chi connectivity index (χ2n) is 4.09. The number of nitrogens with one attached hydrogen (secondary N) is 1. The van der Waals surface area contributed by atoms with Crippen LogP contribution in [0, 0.1) is 0 Å². The summed E-state index contributed by atoms with van der Waals surface area (Å²) in [6.07, 6.45) is 1.72. The molecule has 3 nitrogen and oxygen atoms in total. The van der Waals surface area contributed by atoms with Gasteiger partial charge in [0, 0.05) is 6.54 Å². The Morgan fingerprint density at radius 1 is 1.28 bits per heavy atom. The molecule has 0 fully saturated rings. The minimum atomic E-state index is 0.0890. The molecule has 0 aliphatic rings. The van der Waals surface area contributed by atoms with E-state index in [9.17, 15) is 0 Å². The molecule has 1 aromatic carbocycles. The molecule has 0 aliphatic heterocycles. The zero-order chi connectivity index (χ0) is 13.0. The molecule has 1 atom stereocenters. The molecular formula is C14H18ClN3. The molecule has 0 saturated carbocycles. The molecule has 1 unspecified atom stereocenters. The van der Waals surface area contributed by atoms with Crippen molar-refractivity contribution in [3.05, 3.63) is 52.8 Å². The first-order chi connectivity index (χ1) is 8.77. The van der Waals surface area contributed by atoms with Crippen molar-refractivity contribution < 1.29 is 0 Å². The van der Waals surface area contributed by atoms with Crippen molar-refractivity contribution in [3.8, 4) is 0 Å². The second kappa shape index (κ2) is 6.03. The maximum absolute atomic E-state index is 6.28. The lowest BCUT2D eigenvalue weighted by atomic mass is 10.0. The van der Waals surface area contributed by atoms with Crippen molar-refractivity contribution in [1.29, 1.82) is 0 Å². The third kappa shape index (κ3) is 2.57. The number of benzene rings is 1. The molecule has 0 aliphatic carbocycles. The molecule has 2 aromatic rings. The Bertz CT molecular complexity index is 493. The number of aryl methyl sites for hydroxylation is 1. The smallest absolute Gasteiger partial charge is 0.0837 e. The standard InChI is InChI=1S/C14H18ClN3/c1-3-16-13(11-8-6-5-7-9-11)14-12(15)10-17-18(14)4-2/h5-10,13,16H,3-4H2,1-2H3. The van der Waals surface area contributed by atoms with E-state index in [1.54, 1.807) is 6.20 Å². The Hall–Kier alpha value is -1.32. The number of aromatic nitrogens is 2. The van der Waals surface area contributed by atoms with Crippen molar-refractivity contribution in [2.45, 2.75) is 26.4 Å². The van der Waals surface area contributed by atoms with Gasteiger partial charge in [-0.1, -0.05) is 48.9 Å². The van der Waals surface area contributed by atoms with Crippen LogP contribution in [-0.2, 0) is 6.54 Å². The average molecular weight is 264 g/mol. The predicted octanol–water partition coefficient (Wildman–Crippen LogP) is 3.26. The van der Waals surface area contributed by atoms with E-state index in [1.807, 2.05) is 22.9 Å². The van der Waals surface area contributed by atoms with Crippen LogP contribution in [0.5, 0.6) is 0 Å². The third-order valence-electron chi connectivity index (χ3n) is 2.95. The number of hydrogen-bond acceptors (Lipinski definition) is 2. The fourth-order valence-electron chi connectivity index (χ4n) is 2.13. The molecule has 1 heterocycles. The quantitative estimate of drug-likeness (QED) is 0.897. The Morgan fingerprint density at radius 3 is 2.61 bits per heavy atom. The van der Waals surface area contributed by atoms with Crippen molar-refractivity contribution in [2.24, 2.45) is 0 Å². The molecule has 0 saturated heterocycles. The van der Waals surface area contributed by atoms with Gasteiger partial charge in [-0.25, -0.2) is 0 Å². The Morgan fingerprint density at radius 2 is 2.00 bits per heavy atom. The van der Waals surface area contributed by atoms with Crippen LogP contribution in [0.25, 0.3) is 0 Å². The first kappa shape index (κ1) is 13.1. The summed E-state index contributed by atoms with van der Waals surface area (Å²) in [4.78, 5) is 0. The molecule has 2 rings (SSSR count). The zero-order valence-electron chi connectivity index (χ0n) is 10.7. The third-order valence-corrected chi connectivity index (χ3v) is 3.24. The largest absolute Gasteiger partial charge is 0.305 e. The first-order valence-corrected chi connectivity index (χ1v) is 6.65. The highest BCUT2D eigenvalue weighted by molar-refractivity contribution is 6.31. The molecule has 1 N–H and O–H groups in total. The maximum atomic E-state index is 6.28. The lowest BCUT2D eigenvalue weighted by molar-refractivity contribution is 0.542. The summed E-state index contributed by atoms with van der Waals surface area (Å²) in [6, 6.07) is 10.4. The van der Waals surface area contributed by atoms with Gasteiger partial charge in [0.05, 0.1) is 23.0 Å². The fraction of sp³-hybridized carbons (Fsp3) is 0.357. The predicted molar refractivity (Wildman–Crippen MR) is 74.9 cm³/mol. The van der Waals surface area contributed by atoms with Gasteiger partial charge in [-0.2, -0.15) is 5.10 Å². The lowest BCUT2D eigenvalue weighted by Crippen LogP contribution is -2.25. The summed E-state index contributed by atoms with van der Waals surface area (Å²) in [5, 5.41) is 8.49. The summed E-state index contributed by atoms with van der Waals surface area (Å²) in [7, 11) is 0. The van der Waals surface area contributed by atoms with E-state index in [1.165, 1.54) is 5.56 Å². The number of nitrogens with zero attached hydrogens (tertiary/aromatic N) is 2. The number of hydrogen-bond donors (Lipinski definition) is 1. The van der Waals surface area contributed by atoms with Crippen LogP contribution in [0.3, 0.4) is 0 Å². The van der Waals surface area contributed by atoms with Crippen molar-refractivity contribution in [1.82, 2.24) is 15.1 Å². The Balaban J connectivity index is 2.44. The van der Waals surface area contributed by atoms with Crippen LogP contribution >= 0.6 is 11.6 Å². The lowest BCUT2D eigenvalue weighted by Gasteiger charge is -2.20. The van der Waals surface area contributed by atoms with Crippen LogP contribution < -0.4 is 5.32 Å². The van der Waals surface area contributed by atoms with E-state index in [2.05, 4.69) is 36.4 Å². The molecular weight excluding hydrogens is 246 g/mol. The second-order valence-corrected chi connectivity index (χ2v) is 4.50. The van der Waals surface area contributed by atoms with Gasteiger partial charge in [0.15, 0.2) is 0 Å². The van der Waals surface area contributed by atoms with Gasteiger partial charge in [-0.3, -0.25) is 4.68 Å². The highest BCUT2D eigenvalue weighted by Gasteiger charge is 2.20.